The maximum Gasteiger partial charge on any atom is 0.229 e. The average Bonchev–Trinajstić information content (AvgIpc) is 2.66. The minimum atomic E-state index is 0.125. The lowest BCUT2D eigenvalue weighted by Crippen LogP contribution is -2.44. The summed E-state index contributed by atoms with van der Waals surface area (Å²) in [5.74, 6) is 0.331. The van der Waals surface area contributed by atoms with Crippen LogP contribution in [0.3, 0.4) is 0 Å². The Kier molecular flexibility index (Phi) is 16.5. The fourth-order valence-electron chi connectivity index (χ4n) is 3.97. The van der Waals surface area contributed by atoms with Crippen molar-refractivity contribution in [3.63, 3.8) is 0 Å². The molecule has 1 saturated carbocycles. The first-order chi connectivity index (χ1) is 14.1. The van der Waals surface area contributed by atoms with Gasteiger partial charge >= 0.3 is 0 Å². The summed E-state index contributed by atoms with van der Waals surface area (Å²) in [6, 6.07) is 0. The minimum Gasteiger partial charge on any atom is -0.352 e. The molecule has 0 aromatic heterocycles. The molecule has 1 fully saturated rings. The van der Waals surface area contributed by atoms with Gasteiger partial charge in [-0.15, -0.1) is 0 Å². The van der Waals surface area contributed by atoms with Gasteiger partial charge in [0.25, 0.3) is 0 Å². The predicted octanol–water partition coefficient (Wildman–Crippen LogP) is 7.38. The van der Waals surface area contributed by atoms with Gasteiger partial charge in [-0.05, 0) is 31.5 Å². The predicted molar refractivity (Wildman–Crippen MR) is 130 cm³/mol. The molecule has 170 valence electrons. The van der Waals surface area contributed by atoms with Gasteiger partial charge < -0.3 is 10.2 Å². The summed E-state index contributed by atoms with van der Waals surface area (Å²) in [7, 11) is 1.99. The molecule has 4 heteroatoms. The Hall–Kier alpha value is -0.640. The molecule has 1 aliphatic carbocycles. The lowest BCUT2D eigenvalue weighted by atomic mass is 9.85. The molecule has 0 aliphatic heterocycles. The topological polar surface area (TPSA) is 32.3 Å². The quantitative estimate of drug-likeness (QED) is 0.184. The summed E-state index contributed by atoms with van der Waals surface area (Å²) in [5.41, 5.74) is 0. The normalized spacial score (nSPS) is 13.9. The number of carbonyl (C=O) groups excluding carboxylic acids is 1. The van der Waals surface area contributed by atoms with Crippen molar-refractivity contribution < 1.29 is 4.79 Å². The molecule has 0 unspecified atom stereocenters. The highest BCUT2D eigenvalue weighted by Crippen LogP contribution is 2.26. The van der Waals surface area contributed by atoms with E-state index in [-0.39, 0.29) is 11.8 Å². The van der Waals surface area contributed by atoms with Gasteiger partial charge in [0.05, 0.1) is 0 Å². The first-order valence-electron chi connectivity index (χ1n) is 12.7. The Morgan fingerprint density at radius 1 is 0.793 bits per heavy atom. The van der Waals surface area contributed by atoms with E-state index in [0.717, 1.165) is 25.8 Å². The second-order valence-corrected chi connectivity index (χ2v) is 9.53. The van der Waals surface area contributed by atoms with Gasteiger partial charge in [-0.3, -0.25) is 4.79 Å². The van der Waals surface area contributed by atoms with Crippen LogP contribution < -0.4 is 5.32 Å². The SMILES string of the molecule is CCCCCCCCCCCCCCCCCCN(C)C(=S)NC(=O)C1CCC1. The van der Waals surface area contributed by atoms with Crippen LogP contribution in [-0.4, -0.2) is 29.5 Å². The number of thiocarbonyl (C=S) groups is 1. The summed E-state index contributed by atoms with van der Waals surface area (Å²) < 4.78 is 0. The molecule has 0 spiro atoms. The van der Waals surface area contributed by atoms with Gasteiger partial charge in [0.1, 0.15) is 0 Å². The molecule has 1 aliphatic rings. The van der Waals surface area contributed by atoms with E-state index >= 15 is 0 Å². The van der Waals surface area contributed by atoms with Crippen LogP contribution in [0.1, 0.15) is 129 Å². The molecular weight excluding hydrogens is 376 g/mol. The highest BCUT2D eigenvalue weighted by Gasteiger charge is 2.26. The fraction of sp³-hybridized carbons (Fsp3) is 0.920. The maximum absolute atomic E-state index is 11.9. The van der Waals surface area contributed by atoms with Crippen molar-refractivity contribution >= 4 is 23.2 Å². The Morgan fingerprint density at radius 2 is 1.21 bits per heavy atom. The zero-order valence-electron chi connectivity index (χ0n) is 19.5. The number of nitrogens with zero attached hydrogens (tertiary/aromatic N) is 1. The molecule has 1 amide bonds. The first-order valence-corrected chi connectivity index (χ1v) is 13.1. The molecule has 3 nitrogen and oxygen atoms in total. The van der Waals surface area contributed by atoms with Crippen molar-refractivity contribution in [2.24, 2.45) is 5.92 Å². The van der Waals surface area contributed by atoms with E-state index in [4.69, 9.17) is 12.2 Å². The molecular formula is C25H48N2OS. The van der Waals surface area contributed by atoms with E-state index in [1.807, 2.05) is 11.9 Å². The molecule has 29 heavy (non-hydrogen) atoms. The first kappa shape index (κ1) is 26.4. The van der Waals surface area contributed by atoms with Crippen LogP contribution in [0.4, 0.5) is 0 Å². The van der Waals surface area contributed by atoms with E-state index in [1.165, 1.54) is 103 Å². The van der Waals surface area contributed by atoms with Crippen molar-refractivity contribution in [2.75, 3.05) is 13.6 Å². The van der Waals surface area contributed by atoms with Crippen LogP contribution in [0.15, 0.2) is 0 Å². The van der Waals surface area contributed by atoms with Crippen molar-refractivity contribution in [3.05, 3.63) is 0 Å². The molecule has 0 heterocycles. The third kappa shape index (κ3) is 14.1. The van der Waals surface area contributed by atoms with Gasteiger partial charge in [0.2, 0.25) is 5.91 Å². The third-order valence-electron chi connectivity index (χ3n) is 6.40. The van der Waals surface area contributed by atoms with Gasteiger partial charge in [-0.25, -0.2) is 0 Å². The van der Waals surface area contributed by atoms with Gasteiger partial charge in [0, 0.05) is 19.5 Å². The van der Waals surface area contributed by atoms with E-state index in [9.17, 15) is 4.79 Å². The van der Waals surface area contributed by atoms with Crippen LogP contribution in [0.25, 0.3) is 0 Å². The molecule has 1 rings (SSSR count). The summed E-state index contributed by atoms with van der Waals surface area (Å²) in [6.07, 6.45) is 25.5. The average molecular weight is 425 g/mol. The zero-order valence-corrected chi connectivity index (χ0v) is 20.3. The number of unbranched alkanes of at least 4 members (excludes halogenated alkanes) is 15. The smallest absolute Gasteiger partial charge is 0.229 e. The second-order valence-electron chi connectivity index (χ2n) is 9.15. The van der Waals surface area contributed by atoms with E-state index < -0.39 is 0 Å². The molecule has 0 saturated heterocycles. The molecule has 1 N–H and O–H groups in total. The number of rotatable bonds is 18. The summed E-state index contributed by atoms with van der Waals surface area (Å²) >= 11 is 5.35. The van der Waals surface area contributed by atoms with Crippen molar-refractivity contribution in [1.82, 2.24) is 10.2 Å². The zero-order chi connectivity index (χ0) is 21.2. The monoisotopic (exact) mass is 424 g/mol. The molecule has 0 bridgehead atoms. The van der Waals surface area contributed by atoms with Crippen LogP contribution in [-0.2, 0) is 4.79 Å². The molecule has 0 aromatic rings. The lowest BCUT2D eigenvalue weighted by molar-refractivity contribution is -0.125. The van der Waals surface area contributed by atoms with Gasteiger partial charge in [-0.1, -0.05) is 110 Å². The van der Waals surface area contributed by atoms with Crippen LogP contribution in [0.2, 0.25) is 0 Å². The van der Waals surface area contributed by atoms with Crippen LogP contribution >= 0.6 is 12.2 Å². The lowest BCUT2D eigenvalue weighted by Gasteiger charge is -2.26. The van der Waals surface area contributed by atoms with Crippen molar-refractivity contribution in [3.8, 4) is 0 Å². The summed E-state index contributed by atoms with van der Waals surface area (Å²) in [5, 5.41) is 3.50. The van der Waals surface area contributed by atoms with E-state index in [0.29, 0.717) is 5.11 Å². The largest absolute Gasteiger partial charge is 0.352 e. The Balaban J connectivity index is 1.79. The number of hydrogen-bond donors (Lipinski definition) is 1. The Labute approximate surface area is 186 Å². The highest BCUT2D eigenvalue weighted by atomic mass is 32.1. The van der Waals surface area contributed by atoms with Crippen LogP contribution in [0.5, 0.6) is 0 Å². The Morgan fingerprint density at radius 3 is 1.59 bits per heavy atom. The highest BCUT2D eigenvalue weighted by molar-refractivity contribution is 7.80. The van der Waals surface area contributed by atoms with E-state index in [1.54, 1.807) is 0 Å². The number of hydrogen-bond acceptors (Lipinski definition) is 2. The number of nitrogens with one attached hydrogen (secondary N) is 1. The van der Waals surface area contributed by atoms with E-state index in [2.05, 4.69) is 12.2 Å². The number of amides is 1. The summed E-state index contributed by atoms with van der Waals surface area (Å²) in [6.45, 7) is 3.23. The number of carbonyl (C=O) groups is 1. The van der Waals surface area contributed by atoms with Gasteiger partial charge in [-0.2, -0.15) is 0 Å². The molecule has 0 atom stereocenters. The van der Waals surface area contributed by atoms with Crippen molar-refractivity contribution in [1.29, 1.82) is 0 Å². The second kappa shape index (κ2) is 18.2. The van der Waals surface area contributed by atoms with Gasteiger partial charge in [0.15, 0.2) is 5.11 Å². The minimum absolute atomic E-state index is 0.125. The third-order valence-corrected chi connectivity index (χ3v) is 6.81. The molecule has 0 radical (unpaired) electrons. The van der Waals surface area contributed by atoms with Crippen LogP contribution in [0, 0.1) is 5.92 Å². The summed E-state index contributed by atoms with van der Waals surface area (Å²) in [4.78, 5) is 14.0. The van der Waals surface area contributed by atoms with Crippen molar-refractivity contribution in [2.45, 2.75) is 129 Å². The molecule has 0 aromatic carbocycles. The maximum atomic E-state index is 11.9. The Bertz CT molecular complexity index is 423. The standard InChI is InChI=1S/C25H48N2OS/c1-3-4-5-6-7-8-9-10-11-12-13-14-15-16-17-18-22-27(2)25(29)26-24(28)23-20-19-21-23/h23H,3-22H2,1-2H3,(H,26,28,29). The fourth-order valence-corrected chi connectivity index (χ4v) is 4.16.